The van der Waals surface area contributed by atoms with Crippen LogP contribution in [0.5, 0.6) is 0 Å². The maximum absolute atomic E-state index is 11.0. The highest BCUT2D eigenvalue weighted by Crippen LogP contribution is 2.28. The molecule has 74 valence electrons. The number of aromatic carboxylic acids is 1. The predicted molar refractivity (Wildman–Crippen MR) is 53.5 cm³/mol. The Labute approximate surface area is 82.8 Å². The predicted octanol–water partition coefficient (Wildman–Crippen LogP) is 1.73. The first kappa shape index (κ1) is 9.21. The molecule has 1 saturated heterocycles. The third-order valence-corrected chi connectivity index (χ3v) is 2.73. The van der Waals surface area contributed by atoms with Crippen LogP contribution in [0, 0.1) is 6.92 Å². The molecule has 14 heavy (non-hydrogen) atoms. The van der Waals surface area contributed by atoms with Crippen molar-refractivity contribution < 1.29 is 9.90 Å². The van der Waals surface area contributed by atoms with Crippen LogP contribution in [0.25, 0.3) is 0 Å². The molecule has 0 bridgehead atoms. The Morgan fingerprint density at radius 2 is 2.29 bits per heavy atom. The van der Waals surface area contributed by atoms with E-state index in [1.807, 2.05) is 13.0 Å². The number of benzene rings is 1. The van der Waals surface area contributed by atoms with Gasteiger partial charge < -0.3 is 10.4 Å². The summed E-state index contributed by atoms with van der Waals surface area (Å²) in [4.78, 5) is 11.0. The van der Waals surface area contributed by atoms with Crippen LogP contribution in [0.2, 0.25) is 0 Å². The summed E-state index contributed by atoms with van der Waals surface area (Å²) in [6.45, 7) is 2.94. The molecule has 0 amide bonds. The Hall–Kier alpha value is -1.35. The van der Waals surface area contributed by atoms with Gasteiger partial charge in [-0.15, -0.1) is 0 Å². The van der Waals surface area contributed by atoms with Crippen LogP contribution in [0.3, 0.4) is 0 Å². The molecule has 1 aromatic carbocycles. The SMILES string of the molecule is Cc1cccc(C(=O)O)c1C1CCN1. The Morgan fingerprint density at radius 1 is 1.57 bits per heavy atom. The smallest absolute Gasteiger partial charge is 0.336 e. The molecule has 2 N–H and O–H groups in total. The lowest BCUT2D eigenvalue weighted by Gasteiger charge is -2.30. The van der Waals surface area contributed by atoms with E-state index in [1.165, 1.54) is 0 Å². The monoisotopic (exact) mass is 191 g/mol. The average Bonchev–Trinajstić information content (AvgIpc) is 2.04. The van der Waals surface area contributed by atoms with E-state index < -0.39 is 5.97 Å². The van der Waals surface area contributed by atoms with Gasteiger partial charge in [0, 0.05) is 6.04 Å². The van der Waals surface area contributed by atoms with Gasteiger partial charge in [0.1, 0.15) is 0 Å². The molecule has 0 saturated carbocycles. The third-order valence-electron chi connectivity index (χ3n) is 2.73. The quantitative estimate of drug-likeness (QED) is 0.748. The van der Waals surface area contributed by atoms with Gasteiger partial charge in [0.25, 0.3) is 0 Å². The van der Waals surface area contributed by atoms with Crippen molar-refractivity contribution in [2.45, 2.75) is 19.4 Å². The molecule has 1 fully saturated rings. The first-order valence-corrected chi connectivity index (χ1v) is 4.76. The third kappa shape index (κ3) is 1.40. The lowest BCUT2D eigenvalue weighted by Crippen LogP contribution is -2.36. The maximum atomic E-state index is 11.0. The molecule has 2 rings (SSSR count). The van der Waals surface area contributed by atoms with Crippen LogP contribution in [0.15, 0.2) is 18.2 Å². The fourth-order valence-electron chi connectivity index (χ4n) is 1.86. The number of hydrogen-bond acceptors (Lipinski definition) is 2. The Balaban J connectivity index is 2.47. The van der Waals surface area contributed by atoms with Gasteiger partial charge in [-0.25, -0.2) is 4.79 Å². The molecule has 3 nitrogen and oxygen atoms in total. The summed E-state index contributed by atoms with van der Waals surface area (Å²) in [5, 5.41) is 12.3. The summed E-state index contributed by atoms with van der Waals surface area (Å²) in [5.74, 6) is -0.836. The van der Waals surface area contributed by atoms with Crippen molar-refractivity contribution in [1.82, 2.24) is 5.32 Å². The largest absolute Gasteiger partial charge is 0.478 e. The second-order valence-corrected chi connectivity index (χ2v) is 3.64. The standard InChI is InChI=1S/C11H13NO2/c1-7-3-2-4-8(11(13)14)10(7)9-5-6-12-9/h2-4,9,12H,5-6H2,1H3,(H,13,14). The summed E-state index contributed by atoms with van der Waals surface area (Å²) < 4.78 is 0. The average molecular weight is 191 g/mol. The molecule has 1 atom stereocenters. The van der Waals surface area contributed by atoms with Crippen LogP contribution in [0.4, 0.5) is 0 Å². The normalized spacial score (nSPS) is 20.2. The second-order valence-electron chi connectivity index (χ2n) is 3.64. The van der Waals surface area contributed by atoms with Crippen molar-refractivity contribution in [3.05, 3.63) is 34.9 Å². The van der Waals surface area contributed by atoms with E-state index in [-0.39, 0.29) is 6.04 Å². The minimum Gasteiger partial charge on any atom is -0.478 e. The number of rotatable bonds is 2. The van der Waals surface area contributed by atoms with Gasteiger partial charge in [-0.1, -0.05) is 12.1 Å². The fourth-order valence-corrected chi connectivity index (χ4v) is 1.86. The van der Waals surface area contributed by atoms with Gasteiger partial charge in [-0.3, -0.25) is 0 Å². The van der Waals surface area contributed by atoms with Crippen molar-refractivity contribution in [3.8, 4) is 0 Å². The summed E-state index contributed by atoms with van der Waals surface area (Å²) in [6, 6.07) is 5.66. The van der Waals surface area contributed by atoms with Crippen LogP contribution in [0.1, 0.15) is 33.9 Å². The van der Waals surface area contributed by atoms with Gasteiger partial charge in [0.05, 0.1) is 5.56 Å². The number of carboxylic acid groups (broad SMARTS) is 1. The van der Waals surface area contributed by atoms with Gasteiger partial charge in [0.2, 0.25) is 0 Å². The summed E-state index contributed by atoms with van der Waals surface area (Å²) in [6.07, 6.45) is 1.03. The molecular weight excluding hydrogens is 178 g/mol. The van der Waals surface area contributed by atoms with Gasteiger partial charge in [-0.05, 0) is 37.1 Å². The highest BCUT2D eigenvalue weighted by atomic mass is 16.4. The first-order chi connectivity index (χ1) is 6.70. The lowest BCUT2D eigenvalue weighted by molar-refractivity contribution is 0.0694. The molecule has 0 spiro atoms. The Kier molecular flexibility index (Phi) is 2.25. The van der Waals surface area contributed by atoms with Gasteiger partial charge >= 0.3 is 5.97 Å². The minimum atomic E-state index is -0.836. The number of carbonyl (C=O) groups is 1. The van der Waals surface area contributed by atoms with Crippen molar-refractivity contribution in [3.63, 3.8) is 0 Å². The Bertz CT molecular complexity index is 370. The molecule has 0 aliphatic carbocycles. The van der Waals surface area contributed by atoms with Crippen molar-refractivity contribution in [2.24, 2.45) is 0 Å². The van der Waals surface area contributed by atoms with E-state index in [4.69, 9.17) is 5.11 Å². The number of aryl methyl sites for hydroxylation is 1. The molecule has 1 unspecified atom stereocenters. The lowest BCUT2D eigenvalue weighted by atomic mass is 9.90. The highest BCUT2D eigenvalue weighted by molar-refractivity contribution is 5.90. The molecule has 0 aromatic heterocycles. The van der Waals surface area contributed by atoms with Gasteiger partial charge in [-0.2, -0.15) is 0 Å². The molecule has 0 radical (unpaired) electrons. The minimum absolute atomic E-state index is 0.238. The van der Waals surface area contributed by atoms with E-state index in [1.54, 1.807) is 12.1 Å². The number of hydrogen-bond donors (Lipinski definition) is 2. The molecule has 1 heterocycles. The van der Waals surface area contributed by atoms with E-state index in [0.717, 1.165) is 24.1 Å². The van der Waals surface area contributed by atoms with E-state index >= 15 is 0 Å². The van der Waals surface area contributed by atoms with E-state index in [0.29, 0.717) is 5.56 Å². The number of nitrogens with one attached hydrogen (secondary N) is 1. The topological polar surface area (TPSA) is 49.3 Å². The summed E-state index contributed by atoms with van der Waals surface area (Å²) in [5.41, 5.74) is 2.44. The number of carboxylic acids is 1. The van der Waals surface area contributed by atoms with Crippen LogP contribution in [-0.4, -0.2) is 17.6 Å². The van der Waals surface area contributed by atoms with Crippen molar-refractivity contribution in [1.29, 1.82) is 0 Å². The molecule has 1 aliphatic rings. The maximum Gasteiger partial charge on any atom is 0.336 e. The van der Waals surface area contributed by atoms with Crippen molar-refractivity contribution in [2.75, 3.05) is 6.54 Å². The van der Waals surface area contributed by atoms with Crippen molar-refractivity contribution >= 4 is 5.97 Å². The second kappa shape index (κ2) is 3.42. The molecule has 3 heteroatoms. The Morgan fingerprint density at radius 3 is 2.79 bits per heavy atom. The molecular formula is C11H13NO2. The first-order valence-electron chi connectivity index (χ1n) is 4.76. The summed E-state index contributed by atoms with van der Waals surface area (Å²) >= 11 is 0. The van der Waals surface area contributed by atoms with E-state index in [9.17, 15) is 4.79 Å². The zero-order valence-electron chi connectivity index (χ0n) is 8.08. The molecule has 1 aliphatic heterocycles. The zero-order chi connectivity index (χ0) is 10.1. The van der Waals surface area contributed by atoms with Gasteiger partial charge in [0.15, 0.2) is 0 Å². The zero-order valence-corrected chi connectivity index (χ0v) is 8.08. The van der Waals surface area contributed by atoms with Crippen LogP contribution in [-0.2, 0) is 0 Å². The fraction of sp³-hybridized carbons (Fsp3) is 0.364. The highest BCUT2D eigenvalue weighted by Gasteiger charge is 2.24. The van der Waals surface area contributed by atoms with Crippen LogP contribution < -0.4 is 5.32 Å². The van der Waals surface area contributed by atoms with E-state index in [2.05, 4.69) is 5.32 Å². The molecule has 1 aromatic rings. The summed E-state index contributed by atoms with van der Waals surface area (Å²) in [7, 11) is 0. The van der Waals surface area contributed by atoms with Crippen LogP contribution >= 0.6 is 0 Å².